The smallest absolute Gasteiger partial charge is 0.236 e. The minimum Gasteiger partial charge on any atom is -0.278 e. The molecule has 0 spiro atoms. The molecule has 0 aliphatic heterocycles. The zero-order valence-electron chi connectivity index (χ0n) is 7.79. The van der Waals surface area contributed by atoms with Crippen molar-refractivity contribution in [2.75, 3.05) is 0 Å². The average molecular weight is 158 g/mol. The number of hydrogen-bond acceptors (Lipinski definition) is 2. The zero-order chi connectivity index (χ0) is 9.02. The lowest BCUT2D eigenvalue weighted by Crippen LogP contribution is -2.43. The van der Waals surface area contributed by atoms with Gasteiger partial charge in [0.15, 0.2) is 0 Å². The third-order valence-electron chi connectivity index (χ3n) is 1.43. The van der Waals surface area contributed by atoms with Crippen LogP contribution in [0.1, 0.15) is 34.1 Å². The summed E-state index contributed by atoms with van der Waals surface area (Å²) in [6, 6.07) is 0.0984. The van der Waals surface area contributed by atoms with E-state index in [1.54, 1.807) is 0 Å². The zero-order valence-corrected chi connectivity index (χ0v) is 7.79. The topological polar surface area (TPSA) is 46.3 Å². The van der Waals surface area contributed by atoms with Gasteiger partial charge < -0.3 is 0 Å². The summed E-state index contributed by atoms with van der Waals surface area (Å²) in [5, 5.41) is 1.29. The van der Waals surface area contributed by atoms with Crippen LogP contribution >= 0.6 is 0 Å². The number of carbonyl (C=O) groups is 1. The molecule has 0 bridgehead atoms. The summed E-state index contributed by atoms with van der Waals surface area (Å²) >= 11 is 0. The lowest BCUT2D eigenvalue weighted by atomic mass is 10.1. The van der Waals surface area contributed by atoms with Crippen molar-refractivity contribution in [3.63, 3.8) is 0 Å². The van der Waals surface area contributed by atoms with Crippen molar-refractivity contribution >= 4 is 5.91 Å². The molecule has 1 amide bonds. The van der Waals surface area contributed by atoms with Crippen LogP contribution in [0.25, 0.3) is 0 Å². The highest BCUT2D eigenvalue weighted by Gasteiger charge is 2.13. The molecule has 0 aliphatic carbocycles. The van der Waals surface area contributed by atoms with Gasteiger partial charge in [-0.15, -0.1) is 0 Å². The summed E-state index contributed by atoms with van der Waals surface area (Å²) < 4.78 is 0. The van der Waals surface area contributed by atoms with Crippen molar-refractivity contribution in [1.82, 2.24) is 5.01 Å². The van der Waals surface area contributed by atoms with Crippen LogP contribution in [-0.2, 0) is 4.79 Å². The molecule has 0 aromatic heterocycles. The van der Waals surface area contributed by atoms with Crippen molar-refractivity contribution in [2.45, 2.75) is 40.2 Å². The van der Waals surface area contributed by atoms with E-state index in [0.717, 1.165) is 0 Å². The van der Waals surface area contributed by atoms with Gasteiger partial charge in [0.25, 0.3) is 0 Å². The monoisotopic (exact) mass is 158 g/mol. The molecule has 0 rings (SSSR count). The molecule has 0 aromatic rings. The third-order valence-corrected chi connectivity index (χ3v) is 1.43. The van der Waals surface area contributed by atoms with Crippen molar-refractivity contribution in [2.24, 2.45) is 11.8 Å². The van der Waals surface area contributed by atoms with Crippen molar-refractivity contribution in [3.05, 3.63) is 0 Å². The molecule has 11 heavy (non-hydrogen) atoms. The molecule has 0 radical (unpaired) electrons. The molecular weight excluding hydrogens is 140 g/mol. The Labute approximate surface area is 68.5 Å². The summed E-state index contributed by atoms with van der Waals surface area (Å²) in [7, 11) is 0. The molecule has 0 atom stereocenters. The number of nitrogens with two attached hydrogens (primary N) is 1. The maximum absolute atomic E-state index is 11.2. The average Bonchev–Trinajstić information content (AvgIpc) is 1.84. The van der Waals surface area contributed by atoms with Gasteiger partial charge in [-0.25, -0.2) is 5.84 Å². The molecule has 2 N–H and O–H groups in total. The molecule has 3 nitrogen and oxygen atoms in total. The Bertz CT molecular complexity index is 132. The lowest BCUT2D eigenvalue weighted by molar-refractivity contribution is -0.133. The molecule has 0 aliphatic rings. The van der Waals surface area contributed by atoms with Crippen LogP contribution in [0.2, 0.25) is 0 Å². The fraction of sp³-hybridized carbons (Fsp3) is 0.875. The van der Waals surface area contributed by atoms with Crippen LogP contribution in [-0.4, -0.2) is 17.0 Å². The van der Waals surface area contributed by atoms with E-state index in [0.29, 0.717) is 12.3 Å². The first-order chi connectivity index (χ1) is 4.95. The maximum Gasteiger partial charge on any atom is 0.236 e. The van der Waals surface area contributed by atoms with E-state index in [-0.39, 0.29) is 11.9 Å². The van der Waals surface area contributed by atoms with Crippen LogP contribution in [0.15, 0.2) is 0 Å². The van der Waals surface area contributed by atoms with E-state index in [1.165, 1.54) is 5.01 Å². The Morgan fingerprint density at radius 3 is 2.09 bits per heavy atom. The minimum absolute atomic E-state index is 0.0231. The van der Waals surface area contributed by atoms with Gasteiger partial charge in [-0.1, -0.05) is 13.8 Å². The second kappa shape index (κ2) is 4.34. The van der Waals surface area contributed by atoms with E-state index in [2.05, 4.69) is 0 Å². The number of amides is 1. The predicted octanol–water partition coefficient (Wildman–Crippen LogP) is 1.14. The summed E-state index contributed by atoms with van der Waals surface area (Å²) in [5.74, 6) is 5.90. The highest BCUT2D eigenvalue weighted by molar-refractivity contribution is 5.75. The molecule has 0 heterocycles. The molecule has 3 heteroatoms. The van der Waals surface area contributed by atoms with E-state index >= 15 is 0 Å². The summed E-state index contributed by atoms with van der Waals surface area (Å²) in [6.07, 6.45) is 0.536. The first kappa shape index (κ1) is 10.4. The predicted molar refractivity (Wildman–Crippen MR) is 45.6 cm³/mol. The van der Waals surface area contributed by atoms with Gasteiger partial charge in [0.2, 0.25) is 5.91 Å². The van der Waals surface area contributed by atoms with Crippen LogP contribution in [0.4, 0.5) is 0 Å². The van der Waals surface area contributed by atoms with Gasteiger partial charge in [-0.2, -0.15) is 0 Å². The molecule has 0 saturated carbocycles. The van der Waals surface area contributed by atoms with Gasteiger partial charge in [0.1, 0.15) is 0 Å². The molecule has 0 fully saturated rings. The summed E-state index contributed by atoms with van der Waals surface area (Å²) in [6.45, 7) is 7.81. The van der Waals surface area contributed by atoms with E-state index in [9.17, 15) is 4.79 Å². The van der Waals surface area contributed by atoms with E-state index < -0.39 is 0 Å². The Kier molecular flexibility index (Phi) is 4.11. The summed E-state index contributed by atoms with van der Waals surface area (Å²) in [4.78, 5) is 11.2. The Hall–Kier alpha value is -0.570. The first-order valence-corrected chi connectivity index (χ1v) is 4.02. The Balaban J connectivity index is 3.83. The van der Waals surface area contributed by atoms with Gasteiger partial charge >= 0.3 is 0 Å². The number of hydrogen-bond donors (Lipinski definition) is 1. The second-order valence-electron chi connectivity index (χ2n) is 3.49. The van der Waals surface area contributed by atoms with Gasteiger partial charge in [0.05, 0.1) is 0 Å². The highest BCUT2D eigenvalue weighted by Crippen LogP contribution is 2.03. The molecule has 0 aromatic carbocycles. The second-order valence-corrected chi connectivity index (χ2v) is 3.49. The Morgan fingerprint density at radius 2 is 1.82 bits per heavy atom. The fourth-order valence-electron chi connectivity index (χ4n) is 0.743. The number of hydrazine groups is 1. The quantitative estimate of drug-likeness (QED) is 0.380. The molecule has 0 unspecified atom stereocenters. The van der Waals surface area contributed by atoms with Crippen LogP contribution in [0.3, 0.4) is 0 Å². The first-order valence-electron chi connectivity index (χ1n) is 4.02. The number of rotatable bonds is 3. The number of carbonyl (C=O) groups excluding carboxylic acids is 1. The van der Waals surface area contributed by atoms with Gasteiger partial charge in [0, 0.05) is 12.5 Å². The van der Waals surface area contributed by atoms with E-state index in [1.807, 2.05) is 27.7 Å². The minimum atomic E-state index is 0.0231. The molecular formula is C8H18N2O. The lowest BCUT2D eigenvalue weighted by Gasteiger charge is -2.21. The largest absolute Gasteiger partial charge is 0.278 e. The van der Waals surface area contributed by atoms with Crippen LogP contribution < -0.4 is 5.84 Å². The van der Waals surface area contributed by atoms with Crippen molar-refractivity contribution in [1.29, 1.82) is 0 Å². The normalized spacial score (nSPS) is 10.8. The van der Waals surface area contributed by atoms with Crippen LogP contribution in [0.5, 0.6) is 0 Å². The van der Waals surface area contributed by atoms with Gasteiger partial charge in [-0.3, -0.25) is 9.80 Å². The van der Waals surface area contributed by atoms with Crippen molar-refractivity contribution in [3.8, 4) is 0 Å². The third kappa shape index (κ3) is 3.98. The van der Waals surface area contributed by atoms with E-state index in [4.69, 9.17) is 5.84 Å². The van der Waals surface area contributed by atoms with Crippen molar-refractivity contribution < 1.29 is 4.79 Å². The van der Waals surface area contributed by atoms with Crippen LogP contribution in [0, 0.1) is 5.92 Å². The molecule has 0 saturated heterocycles. The standard InChI is InChI=1S/C8H18N2O/c1-6(2)5-8(11)10(9)7(3)4/h6-7H,5,9H2,1-4H3. The number of nitrogens with zero attached hydrogens (tertiary/aromatic N) is 1. The highest BCUT2D eigenvalue weighted by atomic mass is 16.2. The molecule has 66 valence electrons. The SMILES string of the molecule is CC(C)CC(=O)N(N)C(C)C. The van der Waals surface area contributed by atoms with Gasteiger partial charge in [-0.05, 0) is 19.8 Å². The maximum atomic E-state index is 11.2. The fourth-order valence-corrected chi connectivity index (χ4v) is 0.743. The summed E-state index contributed by atoms with van der Waals surface area (Å²) in [5.41, 5.74) is 0. The Morgan fingerprint density at radius 1 is 1.36 bits per heavy atom.